The van der Waals surface area contributed by atoms with Crippen LogP contribution in [0.25, 0.3) is 0 Å². The van der Waals surface area contributed by atoms with Gasteiger partial charge in [0.1, 0.15) is 11.5 Å². The summed E-state index contributed by atoms with van der Waals surface area (Å²) >= 11 is 1.46. The fraction of sp³-hybridized carbons (Fsp3) is 0. The van der Waals surface area contributed by atoms with E-state index in [0.717, 1.165) is 10.6 Å². The normalized spacial score (nSPS) is 10.7. The first-order valence-electron chi connectivity index (χ1n) is 4.38. The number of nitrogens with zero attached hydrogens (tertiary/aromatic N) is 1. The van der Waals surface area contributed by atoms with Gasteiger partial charge in [0, 0.05) is 0 Å². The Hall–Kier alpha value is -1.81. The van der Waals surface area contributed by atoms with Crippen molar-refractivity contribution >= 4 is 17.6 Å². The standard InChI is InChI=1S/C11H9NO2S/c13-12-8-11-10(6-7-15-11)14-9-4-2-1-3-5-9/h1-8,13H/b12-8-. The summed E-state index contributed by atoms with van der Waals surface area (Å²) in [4.78, 5) is 0.793. The number of rotatable bonds is 3. The summed E-state index contributed by atoms with van der Waals surface area (Å²) < 4.78 is 5.61. The van der Waals surface area contributed by atoms with Gasteiger partial charge in [-0.25, -0.2) is 0 Å². The summed E-state index contributed by atoms with van der Waals surface area (Å²) in [5.41, 5.74) is 0. The highest BCUT2D eigenvalue weighted by molar-refractivity contribution is 7.12. The molecule has 76 valence electrons. The molecular formula is C11H9NO2S. The van der Waals surface area contributed by atoms with Crippen LogP contribution >= 0.6 is 11.3 Å². The van der Waals surface area contributed by atoms with E-state index in [1.54, 1.807) is 0 Å². The zero-order valence-corrected chi connectivity index (χ0v) is 8.65. The lowest BCUT2D eigenvalue weighted by atomic mass is 10.3. The minimum atomic E-state index is 0.698. The summed E-state index contributed by atoms with van der Waals surface area (Å²) in [7, 11) is 0. The Labute approximate surface area is 91.3 Å². The zero-order valence-electron chi connectivity index (χ0n) is 7.83. The van der Waals surface area contributed by atoms with Crippen molar-refractivity contribution in [3.05, 3.63) is 46.7 Å². The molecule has 15 heavy (non-hydrogen) atoms. The van der Waals surface area contributed by atoms with Crippen molar-refractivity contribution in [2.24, 2.45) is 5.16 Å². The first-order valence-corrected chi connectivity index (χ1v) is 5.26. The van der Waals surface area contributed by atoms with Gasteiger partial charge >= 0.3 is 0 Å². The number of thiophene rings is 1. The lowest BCUT2D eigenvalue weighted by molar-refractivity contribution is 0.321. The van der Waals surface area contributed by atoms with Crippen LogP contribution in [0.5, 0.6) is 11.5 Å². The predicted octanol–water partition coefficient (Wildman–Crippen LogP) is 3.35. The molecule has 1 aromatic heterocycles. The quantitative estimate of drug-likeness (QED) is 0.488. The smallest absolute Gasteiger partial charge is 0.147 e. The van der Waals surface area contributed by atoms with Crippen molar-refractivity contribution in [1.82, 2.24) is 0 Å². The van der Waals surface area contributed by atoms with Crippen molar-refractivity contribution in [1.29, 1.82) is 0 Å². The third kappa shape index (κ3) is 2.35. The summed E-state index contributed by atoms with van der Waals surface area (Å²) in [6.45, 7) is 0. The Morgan fingerprint density at radius 2 is 2.00 bits per heavy atom. The van der Waals surface area contributed by atoms with Gasteiger partial charge in [-0.3, -0.25) is 0 Å². The number of hydrogen-bond acceptors (Lipinski definition) is 4. The summed E-state index contributed by atoms with van der Waals surface area (Å²) in [5, 5.41) is 13.3. The van der Waals surface area contributed by atoms with Crippen LogP contribution in [0, 0.1) is 0 Å². The monoisotopic (exact) mass is 219 g/mol. The van der Waals surface area contributed by atoms with E-state index in [1.165, 1.54) is 17.6 Å². The molecule has 0 aliphatic carbocycles. The van der Waals surface area contributed by atoms with E-state index in [4.69, 9.17) is 9.94 Å². The molecule has 0 atom stereocenters. The minimum absolute atomic E-state index is 0.698. The van der Waals surface area contributed by atoms with E-state index in [0.29, 0.717) is 5.75 Å². The highest BCUT2D eigenvalue weighted by atomic mass is 32.1. The highest BCUT2D eigenvalue weighted by Gasteiger charge is 2.04. The van der Waals surface area contributed by atoms with Gasteiger partial charge in [0.05, 0.1) is 11.1 Å². The van der Waals surface area contributed by atoms with E-state index in [2.05, 4.69) is 5.16 Å². The lowest BCUT2D eigenvalue weighted by Gasteiger charge is -2.03. The molecule has 0 radical (unpaired) electrons. The molecule has 0 amide bonds. The predicted molar refractivity (Wildman–Crippen MR) is 60.2 cm³/mol. The van der Waals surface area contributed by atoms with E-state index < -0.39 is 0 Å². The molecule has 0 saturated carbocycles. The van der Waals surface area contributed by atoms with Crippen LogP contribution in [0.4, 0.5) is 0 Å². The molecule has 0 saturated heterocycles. The Morgan fingerprint density at radius 3 is 2.73 bits per heavy atom. The third-order valence-electron chi connectivity index (χ3n) is 1.80. The first-order chi connectivity index (χ1) is 7.40. The fourth-order valence-electron chi connectivity index (χ4n) is 1.16. The van der Waals surface area contributed by atoms with Gasteiger partial charge in [-0.05, 0) is 23.6 Å². The second-order valence-corrected chi connectivity index (χ2v) is 3.76. The largest absolute Gasteiger partial charge is 0.456 e. The van der Waals surface area contributed by atoms with Crippen molar-refractivity contribution in [3.63, 3.8) is 0 Å². The van der Waals surface area contributed by atoms with Gasteiger partial charge in [-0.15, -0.1) is 11.3 Å². The molecule has 0 spiro atoms. The second-order valence-electron chi connectivity index (χ2n) is 2.81. The molecule has 1 aromatic carbocycles. The van der Waals surface area contributed by atoms with Gasteiger partial charge in [-0.1, -0.05) is 23.4 Å². The van der Waals surface area contributed by atoms with Crippen molar-refractivity contribution in [2.75, 3.05) is 0 Å². The van der Waals surface area contributed by atoms with Crippen LogP contribution in [-0.4, -0.2) is 11.4 Å². The first kappa shape index (κ1) is 9.73. The van der Waals surface area contributed by atoms with Gasteiger partial charge in [0.2, 0.25) is 0 Å². The van der Waals surface area contributed by atoms with Gasteiger partial charge in [0.25, 0.3) is 0 Å². The van der Waals surface area contributed by atoms with E-state index in [1.807, 2.05) is 41.8 Å². The maximum atomic E-state index is 8.45. The fourth-order valence-corrected chi connectivity index (χ4v) is 1.83. The van der Waals surface area contributed by atoms with Crippen LogP contribution in [0.2, 0.25) is 0 Å². The molecule has 3 nitrogen and oxygen atoms in total. The van der Waals surface area contributed by atoms with Gasteiger partial charge in [-0.2, -0.15) is 0 Å². The number of para-hydroxylation sites is 1. The molecule has 1 N–H and O–H groups in total. The number of hydrogen-bond donors (Lipinski definition) is 1. The summed E-state index contributed by atoms with van der Waals surface area (Å²) in [6, 6.07) is 11.3. The van der Waals surface area contributed by atoms with E-state index in [9.17, 15) is 0 Å². The molecule has 0 aliphatic rings. The summed E-state index contributed by atoms with van der Waals surface area (Å²) in [6.07, 6.45) is 1.36. The van der Waals surface area contributed by atoms with Crippen molar-refractivity contribution in [3.8, 4) is 11.5 Å². The third-order valence-corrected chi connectivity index (χ3v) is 2.64. The average Bonchev–Trinajstić information content (AvgIpc) is 2.68. The molecule has 0 unspecified atom stereocenters. The Kier molecular flexibility index (Phi) is 2.99. The molecule has 1 heterocycles. The maximum absolute atomic E-state index is 8.45. The lowest BCUT2D eigenvalue weighted by Crippen LogP contribution is -1.85. The van der Waals surface area contributed by atoms with Crippen LogP contribution < -0.4 is 4.74 Å². The summed E-state index contributed by atoms with van der Waals surface area (Å²) in [5.74, 6) is 1.47. The highest BCUT2D eigenvalue weighted by Crippen LogP contribution is 2.28. The molecule has 0 bridgehead atoms. The molecule has 4 heteroatoms. The minimum Gasteiger partial charge on any atom is -0.456 e. The Bertz CT molecular complexity index is 451. The number of ether oxygens (including phenoxy) is 1. The van der Waals surface area contributed by atoms with Crippen LogP contribution in [0.3, 0.4) is 0 Å². The van der Waals surface area contributed by atoms with Crippen LogP contribution in [0.1, 0.15) is 4.88 Å². The van der Waals surface area contributed by atoms with Crippen LogP contribution in [0.15, 0.2) is 46.9 Å². The molecule has 2 aromatic rings. The SMILES string of the molecule is O/N=C\c1sccc1Oc1ccccc1. The van der Waals surface area contributed by atoms with Crippen LogP contribution in [-0.2, 0) is 0 Å². The maximum Gasteiger partial charge on any atom is 0.147 e. The number of benzene rings is 1. The Morgan fingerprint density at radius 1 is 1.20 bits per heavy atom. The number of oxime groups is 1. The average molecular weight is 219 g/mol. The molecular weight excluding hydrogens is 210 g/mol. The molecule has 0 fully saturated rings. The topological polar surface area (TPSA) is 41.8 Å². The van der Waals surface area contributed by atoms with Gasteiger partial charge in [0.15, 0.2) is 0 Å². The van der Waals surface area contributed by atoms with Gasteiger partial charge < -0.3 is 9.94 Å². The zero-order chi connectivity index (χ0) is 10.5. The van der Waals surface area contributed by atoms with E-state index >= 15 is 0 Å². The molecule has 2 rings (SSSR count). The second kappa shape index (κ2) is 4.61. The Balaban J connectivity index is 2.21. The molecule has 0 aliphatic heterocycles. The van der Waals surface area contributed by atoms with Crippen molar-refractivity contribution < 1.29 is 9.94 Å². The van der Waals surface area contributed by atoms with E-state index in [-0.39, 0.29) is 0 Å². The van der Waals surface area contributed by atoms with Crippen molar-refractivity contribution in [2.45, 2.75) is 0 Å².